The van der Waals surface area contributed by atoms with Crippen LogP contribution in [0.25, 0.3) is 0 Å². The molecule has 0 saturated heterocycles. The summed E-state index contributed by atoms with van der Waals surface area (Å²) in [5.41, 5.74) is 2.58. The second-order valence-electron chi connectivity index (χ2n) is 4.67. The zero-order valence-electron chi connectivity index (χ0n) is 11.5. The van der Waals surface area contributed by atoms with Gasteiger partial charge in [-0.25, -0.2) is 9.97 Å². The lowest BCUT2D eigenvalue weighted by Gasteiger charge is -2.12. The van der Waals surface area contributed by atoms with Crippen molar-refractivity contribution >= 4 is 5.82 Å². The van der Waals surface area contributed by atoms with Crippen molar-refractivity contribution in [3.8, 4) is 0 Å². The minimum Gasteiger partial charge on any atom is -0.381 e. The highest BCUT2D eigenvalue weighted by Crippen LogP contribution is 2.24. The number of anilines is 1. The molecule has 1 aromatic rings. The predicted octanol–water partition coefficient (Wildman–Crippen LogP) is 2.37. The number of fused-ring (bicyclic) bond motifs is 1. The molecular weight excluding hydrogens is 226 g/mol. The van der Waals surface area contributed by atoms with E-state index in [0.717, 1.165) is 37.5 Å². The molecule has 2 rings (SSSR count). The van der Waals surface area contributed by atoms with Gasteiger partial charge >= 0.3 is 0 Å². The largest absolute Gasteiger partial charge is 0.381 e. The number of nitrogens with zero attached hydrogens (tertiary/aromatic N) is 2. The maximum atomic E-state index is 5.38. The highest BCUT2D eigenvalue weighted by atomic mass is 16.5. The Kier molecular flexibility index (Phi) is 4.93. The predicted molar refractivity (Wildman–Crippen MR) is 73.0 cm³/mol. The van der Waals surface area contributed by atoms with Crippen molar-refractivity contribution in [3.05, 3.63) is 17.1 Å². The molecule has 18 heavy (non-hydrogen) atoms. The molecule has 4 nitrogen and oxygen atoms in total. The number of ether oxygens (including phenoxy) is 1. The van der Waals surface area contributed by atoms with Crippen molar-refractivity contribution in [2.24, 2.45) is 0 Å². The van der Waals surface area contributed by atoms with E-state index in [1.165, 1.54) is 30.5 Å². The van der Waals surface area contributed by atoms with E-state index in [2.05, 4.69) is 10.3 Å². The van der Waals surface area contributed by atoms with Gasteiger partial charge in [0.1, 0.15) is 11.6 Å². The summed E-state index contributed by atoms with van der Waals surface area (Å²) in [6, 6.07) is 0. The van der Waals surface area contributed by atoms with Crippen LogP contribution in [0.4, 0.5) is 5.82 Å². The Balaban J connectivity index is 2.19. The van der Waals surface area contributed by atoms with Gasteiger partial charge in [-0.05, 0) is 32.6 Å². The van der Waals surface area contributed by atoms with E-state index in [9.17, 15) is 0 Å². The molecule has 0 unspecified atom stereocenters. The zero-order chi connectivity index (χ0) is 12.8. The van der Waals surface area contributed by atoms with Crippen LogP contribution in [0.3, 0.4) is 0 Å². The minimum absolute atomic E-state index is 0.707. The fraction of sp³-hybridized carbons (Fsp3) is 0.714. The van der Waals surface area contributed by atoms with Crippen molar-refractivity contribution in [2.45, 2.75) is 45.4 Å². The second-order valence-corrected chi connectivity index (χ2v) is 4.67. The molecule has 0 amide bonds. The molecule has 0 radical (unpaired) electrons. The van der Waals surface area contributed by atoms with E-state index in [0.29, 0.717) is 6.61 Å². The summed E-state index contributed by atoms with van der Waals surface area (Å²) in [5, 5.41) is 3.22. The molecular formula is C14H23N3O. The fourth-order valence-electron chi connectivity index (χ4n) is 2.45. The van der Waals surface area contributed by atoms with Gasteiger partial charge in [-0.2, -0.15) is 0 Å². The van der Waals surface area contributed by atoms with E-state index < -0.39 is 0 Å². The minimum atomic E-state index is 0.707. The van der Waals surface area contributed by atoms with Crippen molar-refractivity contribution in [1.29, 1.82) is 0 Å². The lowest BCUT2D eigenvalue weighted by Crippen LogP contribution is -2.10. The third-order valence-corrected chi connectivity index (χ3v) is 3.39. The van der Waals surface area contributed by atoms with Gasteiger partial charge in [0.2, 0.25) is 0 Å². The summed E-state index contributed by atoms with van der Waals surface area (Å²) in [4.78, 5) is 9.34. The molecule has 100 valence electrons. The molecule has 1 aliphatic rings. The summed E-state index contributed by atoms with van der Waals surface area (Å²) in [6.07, 6.45) is 6.80. The Morgan fingerprint density at radius 2 is 2.00 bits per heavy atom. The Hall–Kier alpha value is -1.16. The van der Waals surface area contributed by atoms with Crippen LogP contribution in [-0.2, 0) is 24.0 Å². The average Bonchev–Trinajstić information content (AvgIpc) is 2.63. The third-order valence-electron chi connectivity index (χ3n) is 3.39. The smallest absolute Gasteiger partial charge is 0.133 e. The summed E-state index contributed by atoms with van der Waals surface area (Å²) in [6.45, 7) is 3.47. The molecule has 0 atom stereocenters. The number of aromatic nitrogens is 2. The van der Waals surface area contributed by atoms with Gasteiger partial charge in [0.25, 0.3) is 0 Å². The molecule has 1 aromatic heterocycles. The number of nitrogens with one attached hydrogen (secondary N) is 1. The highest BCUT2D eigenvalue weighted by molar-refractivity contribution is 5.46. The van der Waals surface area contributed by atoms with Crippen LogP contribution in [0, 0.1) is 0 Å². The molecule has 0 spiro atoms. The van der Waals surface area contributed by atoms with Gasteiger partial charge in [-0.3, -0.25) is 0 Å². The lowest BCUT2D eigenvalue weighted by molar-refractivity contribution is 0.149. The standard InChI is InChI=1S/C14H23N3O/c1-3-18-10-9-13-16-12-8-6-4-5-7-11(12)14(15-2)17-13/h3-10H2,1-2H3,(H,15,16,17). The summed E-state index contributed by atoms with van der Waals surface area (Å²) in [5.74, 6) is 1.93. The van der Waals surface area contributed by atoms with E-state index in [1.807, 2.05) is 14.0 Å². The molecule has 4 heteroatoms. The third kappa shape index (κ3) is 3.19. The van der Waals surface area contributed by atoms with Crippen molar-refractivity contribution in [2.75, 3.05) is 25.6 Å². The van der Waals surface area contributed by atoms with E-state index in [-0.39, 0.29) is 0 Å². The molecule has 0 aliphatic heterocycles. The first-order chi connectivity index (χ1) is 8.85. The second kappa shape index (κ2) is 6.69. The van der Waals surface area contributed by atoms with Crippen LogP contribution in [0.2, 0.25) is 0 Å². The first kappa shape index (κ1) is 13.3. The molecule has 0 bridgehead atoms. The molecule has 0 saturated carbocycles. The SMILES string of the molecule is CCOCCc1nc2c(c(NC)n1)CCCCC2. The number of aryl methyl sites for hydroxylation is 1. The monoisotopic (exact) mass is 249 g/mol. The van der Waals surface area contributed by atoms with E-state index >= 15 is 0 Å². The van der Waals surface area contributed by atoms with E-state index in [4.69, 9.17) is 9.72 Å². The maximum absolute atomic E-state index is 5.38. The molecule has 1 N–H and O–H groups in total. The quantitative estimate of drug-likeness (QED) is 0.643. The zero-order valence-corrected chi connectivity index (χ0v) is 11.5. The first-order valence-electron chi connectivity index (χ1n) is 6.99. The Bertz CT molecular complexity index is 393. The van der Waals surface area contributed by atoms with Gasteiger partial charge in [0.15, 0.2) is 0 Å². The van der Waals surface area contributed by atoms with Gasteiger partial charge < -0.3 is 10.1 Å². The van der Waals surface area contributed by atoms with Crippen LogP contribution in [0.1, 0.15) is 43.3 Å². The van der Waals surface area contributed by atoms with Crippen LogP contribution in [0.15, 0.2) is 0 Å². The van der Waals surface area contributed by atoms with Gasteiger partial charge in [-0.1, -0.05) is 6.42 Å². The molecule has 0 fully saturated rings. The van der Waals surface area contributed by atoms with Gasteiger partial charge in [-0.15, -0.1) is 0 Å². The maximum Gasteiger partial charge on any atom is 0.133 e. The number of hydrogen-bond acceptors (Lipinski definition) is 4. The summed E-state index contributed by atoms with van der Waals surface area (Å²) >= 11 is 0. The average molecular weight is 249 g/mol. The van der Waals surface area contributed by atoms with Crippen LogP contribution in [0.5, 0.6) is 0 Å². The van der Waals surface area contributed by atoms with Crippen LogP contribution < -0.4 is 5.32 Å². The normalized spacial score (nSPS) is 15.0. The number of rotatable bonds is 5. The Morgan fingerprint density at radius 1 is 1.17 bits per heavy atom. The van der Waals surface area contributed by atoms with Crippen molar-refractivity contribution < 1.29 is 4.74 Å². The van der Waals surface area contributed by atoms with Crippen LogP contribution in [-0.4, -0.2) is 30.2 Å². The Morgan fingerprint density at radius 3 is 2.78 bits per heavy atom. The van der Waals surface area contributed by atoms with Crippen LogP contribution >= 0.6 is 0 Å². The fourth-order valence-corrected chi connectivity index (χ4v) is 2.45. The van der Waals surface area contributed by atoms with Crippen molar-refractivity contribution in [1.82, 2.24) is 9.97 Å². The highest BCUT2D eigenvalue weighted by Gasteiger charge is 2.15. The van der Waals surface area contributed by atoms with E-state index in [1.54, 1.807) is 0 Å². The first-order valence-corrected chi connectivity index (χ1v) is 6.99. The molecule has 0 aromatic carbocycles. The lowest BCUT2D eigenvalue weighted by atomic mass is 10.1. The van der Waals surface area contributed by atoms with Gasteiger partial charge in [0, 0.05) is 31.3 Å². The summed E-state index contributed by atoms with van der Waals surface area (Å²) < 4.78 is 5.38. The molecule has 1 aliphatic carbocycles. The topological polar surface area (TPSA) is 47.0 Å². The van der Waals surface area contributed by atoms with Gasteiger partial charge in [0.05, 0.1) is 6.61 Å². The molecule has 1 heterocycles. The summed E-state index contributed by atoms with van der Waals surface area (Å²) in [7, 11) is 1.94. The number of hydrogen-bond donors (Lipinski definition) is 1. The Labute approximate surface area is 109 Å². The van der Waals surface area contributed by atoms with Crippen molar-refractivity contribution in [3.63, 3.8) is 0 Å².